The molecule has 0 heterocycles. The molecule has 0 saturated carbocycles. The Morgan fingerprint density at radius 2 is 2.00 bits per heavy atom. The molecule has 0 radical (unpaired) electrons. The number of rotatable bonds is 7. The van der Waals surface area contributed by atoms with Gasteiger partial charge in [-0.15, -0.1) is 0 Å². The van der Waals surface area contributed by atoms with Gasteiger partial charge in [0.25, 0.3) is 5.91 Å². The van der Waals surface area contributed by atoms with Gasteiger partial charge in [-0.2, -0.15) is 5.10 Å². The highest BCUT2D eigenvalue weighted by atomic mass is 79.9. The SMILES string of the molecule is CCOc1ccc(C=NNC(=O)COc2ccc(Br)cc2Cl)cc1. The number of benzene rings is 2. The Balaban J connectivity index is 1.80. The van der Waals surface area contributed by atoms with Crippen molar-refractivity contribution in [1.82, 2.24) is 5.43 Å². The van der Waals surface area contributed by atoms with Gasteiger partial charge >= 0.3 is 0 Å². The van der Waals surface area contributed by atoms with E-state index in [-0.39, 0.29) is 12.5 Å². The summed E-state index contributed by atoms with van der Waals surface area (Å²) in [5, 5.41) is 4.31. The Morgan fingerprint density at radius 3 is 2.67 bits per heavy atom. The molecule has 5 nitrogen and oxygen atoms in total. The van der Waals surface area contributed by atoms with Gasteiger partial charge in [-0.1, -0.05) is 27.5 Å². The molecule has 0 saturated heterocycles. The number of hydrogen-bond donors (Lipinski definition) is 1. The van der Waals surface area contributed by atoms with Crippen molar-refractivity contribution >= 4 is 39.7 Å². The minimum absolute atomic E-state index is 0.179. The third-order valence-corrected chi connectivity index (χ3v) is 3.64. The van der Waals surface area contributed by atoms with Crippen molar-refractivity contribution in [3.05, 3.63) is 57.5 Å². The molecular weight excluding hydrogens is 396 g/mol. The van der Waals surface area contributed by atoms with Crippen LogP contribution >= 0.6 is 27.5 Å². The van der Waals surface area contributed by atoms with Crippen LogP contribution in [-0.4, -0.2) is 25.3 Å². The van der Waals surface area contributed by atoms with Crippen LogP contribution in [-0.2, 0) is 4.79 Å². The number of nitrogens with zero attached hydrogens (tertiary/aromatic N) is 1. The van der Waals surface area contributed by atoms with Crippen LogP contribution in [0.3, 0.4) is 0 Å². The summed E-state index contributed by atoms with van der Waals surface area (Å²) in [5.41, 5.74) is 3.24. The number of carbonyl (C=O) groups excluding carboxylic acids is 1. The molecule has 2 aromatic carbocycles. The fraction of sp³-hybridized carbons (Fsp3) is 0.176. The Hall–Kier alpha value is -2.05. The van der Waals surface area contributed by atoms with Gasteiger partial charge in [0.05, 0.1) is 17.8 Å². The third-order valence-electron chi connectivity index (χ3n) is 2.85. The van der Waals surface area contributed by atoms with Gasteiger partial charge in [0.1, 0.15) is 11.5 Å². The molecule has 0 bridgehead atoms. The van der Waals surface area contributed by atoms with E-state index < -0.39 is 0 Å². The fourth-order valence-electron chi connectivity index (χ4n) is 1.76. The molecule has 2 rings (SSSR count). The van der Waals surface area contributed by atoms with E-state index in [2.05, 4.69) is 26.5 Å². The molecule has 1 amide bonds. The summed E-state index contributed by atoms with van der Waals surface area (Å²) >= 11 is 9.31. The number of ether oxygens (including phenoxy) is 2. The van der Waals surface area contributed by atoms with Gasteiger partial charge in [-0.05, 0) is 55.0 Å². The zero-order valence-electron chi connectivity index (χ0n) is 13.0. The topological polar surface area (TPSA) is 59.9 Å². The van der Waals surface area contributed by atoms with E-state index in [0.717, 1.165) is 15.8 Å². The highest BCUT2D eigenvalue weighted by Gasteiger charge is 2.05. The number of amides is 1. The van der Waals surface area contributed by atoms with Gasteiger partial charge in [-0.3, -0.25) is 4.79 Å². The van der Waals surface area contributed by atoms with Crippen molar-refractivity contribution in [2.24, 2.45) is 5.10 Å². The minimum atomic E-state index is -0.379. The van der Waals surface area contributed by atoms with Gasteiger partial charge < -0.3 is 9.47 Å². The fourth-order valence-corrected chi connectivity index (χ4v) is 2.49. The normalized spacial score (nSPS) is 10.6. The van der Waals surface area contributed by atoms with Crippen molar-refractivity contribution in [2.75, 3.05) is 13.2 Å². The van der Waals surface area contributed by atoms with Crippen LogP contribution in [0, 0.1) is 0 Å². The number of halogens is 2. The Kier molecular flexibility index (Phi) is 7.08. The van der Waals surface area contributed by atoms with Crippen LogP contribution in [0.1, 0.15) is 12.5 Å². The van der Waals surface area contributed by atoms with Gasteiger partial charge in [0.2, 0.25) is 0 Å². The molecule has 24 heavy (non-hydrogen) atoms. The molecule has 126 valence electrons. The van der Waals surface area contributed by atoms with E-state index in [1.165, 1.54) is 0 Å². The first-order valence-electron chi connectivity index (χ1n) is 7.21. The predicted octanol–water partition coefficient (Wildman–Crippen LogP) is 4.03. The van der Waals surface area contributed by atoms with E-state index >= 15 is 0 Å². The summed E-state index contributed by atoms with van der Waals surface area (Å²) in [6.45, 7) is 2.36. The van der Waals surface area contributed by atoms with E-state index in [4.69, 9.17) is 21.1 Å². The molecule has 0 unspecified atom stereocenters. The van der Waals surface area contributed by atoms with Gasteiger partial charge in [-0.25, -0.2) is 5.43 Å². The maximum Gasteiger partial charge on any atom is 0.277 e. The molecule has 0 atom stereocenters. The average molecular weight is 412 g/mol. The molecule has 0 aliphatic carbocycles. The first-order chi connectivity index (χ1) is 11.6. The smallest absolute Gasteiger partial charge is 0.277 e. The van der Waals surface area contributed by atoms with E-state index in [1.807, 2.05) is 31.2 Å². The summed E-state index contributed by atoms with van der Waals surface area (Å²) in [6, 6.07) is 12.5. The largest absolute Gasteiger partial charge is 0.494 e. The third kappa shape index (κ3) is 5.86. The Morgan fingerprint density at radius 1 is 1.25 bits per heavy atom. The minimum Gasteiger partial charge on any atom is -0.494 e. The first kappa shape index (κ1) is 18.3. The van der Waals surface area contributed by atoms with Crippen LogP contribution < -0.4 is 14.9 Å². The molecule has 0 aromatic heterocycles. The van der Waals surface area contributed by atoms with Crippen LogP contribution in [0.5, 0.6) is 11.5 Å². The van der Waals surface area contributed by atoms with Gasteiger partial charge in [0, 0.05) is 4.47 Å². The number of hydrogen-bond acceptors (Lipinski definition) is 4. The van der Waals surface area contributed by atoms with Crippen molar-refractivity contribution in [3.8, 4) is 11.5 Å². The standard InChI is InChI=1S/C17H16BrClN2O3/c1-2-23-14-6-3-12(4-7-14)10-20-21-17(22)11-24-16-8-5-13(18)9-15(16)19/h3-10H,2,11H2,1H3,(H,21,22). The molecule has 7 heteroatoms. The first-order valence-corrected chi connectivity index (χ1v) is 8.38. The zero-order valence-corrected chi connectivity index (χ0v) is 15.3. The summed E-state index contributed by atoms with van der Waals surface area (Å²) < 4.78 is 11.5. The monoisotopic (exact) mass is 410 g/mol. The second-order valence-electron chi connectivity index (χ2n) is 4.66. The maximum atomic E-state index is 11.7. The van der Waals surface area contributed by atoms with E-state index in [1.54, 1.807) is 24.4 Å². The summed E-state index contributed by atoms with van der Waals surface area (Å²) in [4.78, 5) is 11.7. The van der Waals surface area contributed by atoms with Gasteiger partial charge in [0.15, 0.2) is 6.61 Å². The van der Waals surface area contributed by atoms with Crippen molar-refractivity contribution in [2.45, 2.75) is 6.92 Å². The predicted molar refractivity (Wildman–Crippen MR) is 98.0 cm³/mol. The Bertz CT molecular complexity index is 720. The highest BCUT2D eigenvalue weighted by Crippen LogP contribution is 2.27. The maximum absolute atomic E-state index is 11.7. The summed E-state index contributed by atoms with van der Waals surface area (Å²) in [5.74, 6) is 0.847. The van der Waals surface area contributed by atoms with Crippen molar-refractivity contribution in [3.63, 3.8) is 0 Å². The second kappa shape index (κ2) is 9.30. The van der Waals surface area contributed by atoms with Crippen LogP contribution in [0.25, 0.3) is 0 Å². The highest BCUT2D eigenvalue weighted by molar-refractivity contribution is 9.10. The zero-order chi connectivity index (χ0) is 17.4. The lowest BCUT2D eigenvalue weighted by atomic mass is 10.2. The average Bonchev–Trinajstić information content (AvgIpc) is 2.56. The number of nitrogens with one attached hydrogen (secondary N) is 1. The van der Waals surface area contributed by atoms with Crippen molar-refractivity contribution in [1.29, 1.82) is 0 Å². The van der Waals surface area contributed by atoms with Crippen LogP contribution in [0.2, 0.25) is 5.02 Å². The molecule has 2 aromatic rings. The lowest BCUT2D eigenvalue weighted by Gasteiger charge is -2.07. The lowest BCUT2D eigenvalue weighted by molar-refractivity contribution is -0.123. The molecule has 1 N–H and O–H groups in total. The number of hydrazone groups is 1. The molecular formula is C17H16BrClN2O3. The molecule has 0 aliphatic heterocycles. The second-order valence-corrected chi connectivity index (χ2v) is 5.98. The summed E-state index contributed by atoms with van der Waals surface area (Å²) in [6.07, 6.45) is 1.54. The Labute approximate surface area is 153 Å². The quantitative estimate of drug-likeness (QED) is 0.553. The summed E-state index contributed by atoms with van der Waals surface area (Å²) in [7, 11) is 0. The van der Waals surface area contributed by atoms with Crippen LogP contribution in [0.15, 0.2) is 52.0 Å². The van der Waals surface area contributed by atoms with E-state index in [0.29, 0.717) is 17.4 Å². The van der Waals surface area contributed by atoms with Crippen molar-refractivity contribution < 1.29 is 14.3 Å². The molecule has 0 aliphatic rings. The molecule has 0 spiro atoms. The van der Waals surface area contributed by atoms with E-state index in [9.17, 15) is 4.79 Å². The number of carbonyl (C=O) groups is 1. The molecule has 0 fully saturated rings. The lowest BCUT2D eigenvalue weighted by Crippen LogP contribution is -2.24. The van der Waals surface area contributed by atoms with Crippen LogP contribution in [0.4, 0.5) is 0 Å².